The Labute approximate surface area is 130 Å². The summed E-state index contributed by atoms with van der Waals surface area (Å²) in [5.74, 6) is 0.803. The number of nitrogens with zero attached hydrogens (tertiary/aromatic N) is 4. The highest BCUT2D eigenvalue weighted by molar-refractivity contribution is 6.10. The molecule has 1 aliphatic rings. The Bertz CT molecular complexity index is 560. The van der Waals surface area contributed by atoms with Gasteiger partial charge in [-0.2, -0.15) is 15.6 Å². The van der Waals surface area contributed by atoms with Crippen molar-refractivity contribution in [1.29, 1.82) is 10.5 Å². The van der Waals surface area contributed by atoms with E-state index in [1.165, 1.54) is 25.9 Å². The van der Waals surface area contributed by atoms with Crippen molar-refractivity contribution in [2.75, 3.05) is 31.7 Å². The Kier molecular flexibility index (Phi) is 6.22. The highest BCUT2D eigenvalue weighted by Crippen LogP contribution is 2.16. The minimum atomic E-state index is -0.206. The van der Waals surface area contributed by atoms with Gasteiger partial charge in [0.25, 0.3) is 0 Å². The second kappa shape index (κ2) is 8.66. The zero-order valence-electron chi connectivity index (χ0n) is 12.5. The number of likely N-dealkylation sites (tertiary alicyclic amines) is 1. The zero-order chi connectivity index (χ0) is 15.6. The standard InChI is InChI=1S/C16H19N5O/c17-12-15(13-18)20-19-14-4-6-16(7-5-14)22-11-3-10-21-8-1-2-9-21/h4-7,19H,1-3,8-11H2. The molecule has 0 saturated carbocycles. The van der Waals surface area contributed by atoms with E-state index in [1.54, 1.807) is 24.3 Å². The fraction of sp³-hybridized carbons (Fsp3) is 0.438. The molecular weight excluding hydrogens is 278 g/mol. The van der Waals surface area contributed by atoms with E-state index in [-0.39, 0.29) is 5.71 Å². The summed E-state index contributed by atoms with van der Waals surface area (Å²) in [5, 5.41) is 20.8. The van der Waals surface area contributed by atoms with Crippen molar-refractivity contribution in [3.8, 4) is 17.9 Å². The van der Waals surface area contributed by atoms with Crippen molar-refractivity contribution in [2.24, 2.45) is 5.10 Å². The Morgan fingerprint density at radius 1 is 1.18 bits per heavy atom. The molecule has 0 aromatic heterocycles. The quantitative estimate of drug-likeness (QED) is 0.474. The molecule has 1 N–H and O–H groups in total. The summed E-state index contributed by atoms with van der Waals surface area (Å²) in [7, 11) is 0. The molecule has 0 aliphatic carbocycles. The van der Waals surface area contributed by atoms with Gasteiger partial charge >= 0.3 is 0 Å². The van der Waals surface area contributed by atoms with E-state index in [0.29, 0.717) is 12.3 Å². The van der Waals surface area contributed by atoms with Crippen molar-refractivity contribution < 1.29 is 4.74 Å². The minimum Gasteiger partial charge on any atom is -0.494 e. The lowest BCUT2D eigenvalue weighted by Gasteiger charge is -2.14. The van der Waals surface area contributed by atoms with Crippen molar-refractivity contribution >= 4 is 11.4 Å². The highest BCUT2D eigenvalue weighted by Gasteiger charge is 2.10. The summed E-state index contributed by atoms with van der Waals surface area (Å²) in [5.41, 5.74) is 3.15. The van der Waals surface area contributed by atoms with Crippen LogP contribution in [0.1, 0.15) is 19.3 Å². The van der Waals surface area contributed by atoms with Crippen molar-refractivity contribution in [3.05, 3.63) is 24.3 Å². The van der Waals surface area contributed by atoms with E-state index < -0.39 is 0 Å². The normalized spacial score (nSPS) is 13.9. The highest BCUT2D eigenvalue weighted by atomic mass is 16.5. The van der Waals surface area contributed by atoms with Crippen molar-refractivity contribution in [2.45, 2.75) is 19.3 Å². The number of hydrazone groups is 1. The van der Waals surface area contributed by atoms with Gasteiger partial charge in [0.1, 0.15) is 17.9 Å². The number of ether oxygens (including phenoxy) is 1. The van der Waals surface area contributed by atoms with Gasteiger partial charge in [-0.15, -0.1) is 0 Å². The number of anilines is 1. The number of hydrogen-bond acceptors (Lipinski definition) is 6. The van der Waals surface area contributed by atoms with Crippen LogP contribution in [-0.4, -0.2) is 36.9 Å². The molecule has 22 heavy (non-hydrogen) atoms. The predicted molar refractivity (Wildman–Crippen MR) is 84.5 cm³/mol. The maximum atomic E-state index is 8.58. The third kappa shape index (κ3) is 5.08. The minimum absolute atomic E-state index is 0.206. The summed E-state index contributed by atoms with van der Waals surface area (Å²) in [6.07, 6.45) is 3.66. The smallest absolute Gasteiger partial charge is 0.237 e. The summed E-state index contributed by atoms with van der Waals surface area (Å²) in [4.78, 5) is 2.47. The molecule has 0 radical (unpaired) electrons. The first kappa shape index (κ1) is 15.8. The Morgan fingerprint density at radius 2 is 1.86 bits per heavy atom. The molecule has 114 valence electrons. The summed E-state index contributed by atoms with van der Waals surface area (Å²) < 4.78 is 5.69. The van der Waals surface area contributed by atoms with Gasteiger partial charge in [-0.25, -0.2) is 0 Å². The van der Waals surface area contributed by atoms with E-state index in [9.17, 15) is 0 Å². The van der Waals surface area contributed by atoms with Crippen LogP contribution in [0.25, 0.3) is 0 Å². The number of hydrogen-bond donors (Lipinski definition) is 1. The van der Waals surface area contributed by atoms with Gasteiger partial charge in [-0.1, -0.05) is 0 Å². The molecule has 6 nitrogen and oxygen atoms in total. The molecular formula is C16H19N5O. The van der Waals surface area contributed by atoms with Gasteiger partial charge in [0.2, 0.25) is 5.71 Å². The van der Waals surface area contributed by atoms with Crippen LogP contribution >= 0.6 is 0 Å². The number of nitrogens with one attached hydrogen (secondary N) is 1. The van der Waals surface area contributed by atoms with Gasteiger partial charge in [0.15, 0.2) is 0 Å². The molecule has 0 amide bonds. The summed E-state index contributed by atoms with van der Waals surface area (Å²) in [6.45, 7) is 4.23. The first-order chi connectivity index (χ1) is 10.8. The molecule has 0 atom stereocenters. The monoisotopic (exact) mass is 297 g/mol. The van der Waals surface area contributed by atoms with Crippen LogP contribution in [0.15, 0.2) is 29.4 Å². The third-order valence-electron chi connectivity index (χ3n) is 3.45. The van der Waals surface area contributed by atoms with E-state index in [2.05, 4.69) is 15.4 Å². The Hall–Kier alpha value is -2.57. The third-order valence-corrected chi connectivity index (χ3v) is 3.45. The van der Waals surface area contributed by atoms with Gasteiger partial charge in [0.05, 0.1) is 12.3 Å². The second-order valence-corrected chi connectivity index (χ2v) is 5.07. The molecule has 1 fully saturated rings. The molecule has 6 heteroatoms. The second-order valence-electron chi connectivity index (χ2n) is 5.07. The van der Waals surface area contributed by atoms with Crippen LogP contribution < -0.4 is 10.2 Å². The Morgan fingerprint density at radius 3 is 2.50 bits per heavy atom. The molecule has 1 saturated heterocycles. The first-order valence-corrected chi connectivity index (χ1v) is 7.41. The average Bonchev–Trinajstić information content (AvgIpc) is 3.07. The maximum absolute atomic E-state index is 8.58. The fourth-order valence-electron chi connectivity index (χ4n) is 2.31. The van der Waals surface area contributed by atoms with Gasteiger partial charge in [0, 0.05) is 6.54 Å². The molecule has 0 spiro atoms. The van der Waals surface area contributed by atoms with Crippen molar-refractivity contribution in [1.82, 2.24) is 4.90 Å². The average molecular weight is 297 g/mol. The van der Waals surface area contributed by atoms with E-state index in [1.807, 2.05) is 12.1 Å². The largest absolute Gasteiger partial charge is 0.494 e. The van der Waals surface area contributed by atoms with Crippen molar-refractivity contribution in [3.63, 3.8) is 0 Å². The number of nitriles is 2. The molecule has 1 aliphatic heterocycles. The molecule has 1 aromatic carbocycles. The lowest BCUT2D eigenvalue weighted by atomic mass is 10.3. The lowest BCUT2D eigenvalue weighted by molar-refractivity contribution is 0.263. The molecule has 1 aromatic rings. The van der Waals surface area contributed by atoms with Crippen LogP contribution in [-0.2, 0) is 0 Å². The van der Waals surface area contributed by atoms with Crippen LogP contribution in [0.3, 0.4) is 0 Å². The lowest BCUT2D eigenvalue weighted by Crippen LogP contribution is -2.21. The number of benzene rings is 1. The maximum Gasteiger partial charge on any atom is 0.237 e. The van der Waals surface area contributed by atoms with Gasteiger partial charge < -0.3 is 9.64 Å². The van der Waals surface area contributed by atoms with Gasteiger partial charge in [-0.05, 0) is 56.6 Å². The van der Waals surface area contributed by atoms with E-state index in [0.717, 1.165) is 18.7 Å². The fourth-order valence-corrected chi connectivity index (χ4v) is 2.31. The van der Waals surface area contributed by atoms with Crippen LogP contribution in [0.5, 0.6) is 5.75 Å². The molecule has 2 rings (SSSR count). The zero-order valence-corrected chi connectivity index (χ0v) is 12.5. The molecule has 0 bridgehead atoms. The number of rotatable bonds is 7. The predicted octanol–water partition coefficient (Wildman–Crippen LogP) is 2.37. The van der Waals surface area contributed by atoms with Crippen LogP contribution in [0, 0.1) is 22.7 Å². The van der Waals surface area contributed by atoms with E-state index in [4.69, 9.17) is 15.3 Å². The SMILES string of the molecule is N#CC(C#N)=NNc1ccc(OCCCN2CCCC2)cc1. The first-order valence-electron chi connectivity index (χ1n) is 7.41. The summed E-state index contributed by atoms with van der Waals surface area (Å²) in [6, 6.07) is 10.7. The Balaban J connectivity index is 1.71. The van der Waals surface area contributed by atoms with Crippen LogP contribution in [0.2, 0.25) is 0 Å². The topological polar surface area (TPSA) is 84.4 Å². The molecule has 0 unspecified atom stereocenters. The van der Waals surface area contributed by atoms with E-state index >= 15 is 0 Å². The van der Waals surface area contributed by atoms with Gasteiger partial charge in [-0.3, -0.25) is 5.43 Å². The molecule has 1 heterocycles. The van der Waals surface area contributed by atoms with Crippen LogP contribution in [0.4, 0.5) is 5.69 Å². The summed E-state index contributed by atoms with van der Waals surface area (Å²) >= 11 is 0.